The Morgan fingerprint density at radius 2 is 2.03 bits per heavy atom. The predicted molar refractivity (Wildman–Crippen MR) is 150 cm³/mol. The van der Waals surface area contributed by atoms with Crippen LogP contribution in [-0.2, 0) is 23.8 Å². The van der Waals surface area contributed by atoms with E-state index in [-0.39, 0.29) is 5.82 Å². The number of hydrogen-bond acceptors (Lipinski definition) is 8. The summed E-state index contributed by atoms with van der Waals surface area (Å²) in [5.41, 5.74) is 3.31. The van der Waals surface area contributed by atoms with Gasteiger partial charge >= 0.3 is 0 Å². The van der Waals surface area contributed by atoms with Crippen LogP contribution >= 0.6 is 11.3 Å². The van der Waals surface area contributed by atoms with Crippen molar-refractivity contribution in [2.24, 2.45) is 0 Å². The van der Waals surface area contributed by atoms with Gasteiger partial charge in [-0.25, -0.2) is 19.3 Å². The van der Waals surface area contributed by atoms with E-state index < -0.39 is 16.6 Å². The molecule has 0 aromatic carbocycles. The number of halogens is 1. The van der Waals surface area contributed by atoms with E-state index in [1.807, 2.05) is 20.2 Å². The molecule has 0 radical (unpaired) electrons. The van der Waals surface area contributed by atoms with Gasteiger partial charge in [-0.3, -0.25) is 8.78 Å². The lowest BCUT2D eigenvalue weighted by Crippen LogP contribution is -2.38. The summed E-state index contributed by atoms with van der Waals surface area (Å²) in [5, 5.41) is 6.93. The number of thiazole rings is 1. The molecule has 0 atom stereocenters. The minimum absolute atomic E-state index is 0.214. The van der Waals surface area contributed by atoms with Crippen LogP contribution in [0.4, 0.5) is 10.2 Å². The third-order valence-electron chi connectivity index (χ3n) is 6.54. The predicted octanol–water partition coefficient (Wildman–Crippen LogP) is 3.78. The summed E-state index contributed by atoms with van der Waals surface area (Å²) < 4.78 is 28.2. The Balaban J connectivity index is 1.47. The molecule has 0 unspecified atom stereocenters. The molecule has 8 nitrogen and oxygen atoms in total. The van der Waals surface area contributed by atoms with Crippen molar-refractivity contribution in [3.63, 3.8) is 0 Å². The first-order chi connectivity index (χ1) is 17.9. The molecule has 1 saturated heterocycles. The molecule has 1 aliphatic heterocycles. The molecule has 0 aliphatic carbocycles. The summed E-state index contributed by atoms with van der Waals surface area (Å²) in [6.45, 7) is 3.58. The Bertz CT molecular complexity index is 1410. The van der Waals surface area contributed by atoms with E-state index in [9.17, 15) is 8.60 Å². The fourth-order valence-electron chi connectivity index (χ4n) is 4.61. The number of rotatable bonds is 9. The van der Waals surface area contributed by atoms with Gasteiger partial charge in [-0.1, -0.05) is 0 Å². The summed E-state index contributed by atoms with van der Waals surface area (Å²) in [6.07, 6.45) is 5.70. The number of nitrogens with zero attached hydrogens (tertiary/aromatic N) is 6. The third-order valence-corrected chi connectivity index (χ3v) is 8.63. The molecule has 0 amide bonds. The molecule has 37 heavy (non-hydrogen) atoms. The van der Waals surface area contributed by atoms with E-state index >= 15 is 0 Å². The van der Waals surface area contributed by atoms with Gasteiger partial charge in [0, 0.05) is 77.7 Å². The summed E-state index contributed by atoms with van der Waals surface area (Å²) in [6, 6.07) is 5.47. The van der Waals surface area contributed by atoms with E-state index in [0.717, 1.165) is 72.4 Å². The highest BCUT2D eigenvalue weighted by molar-refractivity contribution is 7.85. The molecule has 0 spiro atoms. The second kappa shape index (κ2) is 11.3. The fraction of sp³-hybridized carbons (Fsp3) is 0.423. The molecule has 4 aromatic rings. The van der Waals surface area contributed by atoms with E-state index in [1.165, 1.54) is 11.6 Å². The van der Waals surface area contributed by atoms with Crippen LogP contribution in [0.5, 0.6) is 0 Å². The molecule has 4 aromatic heterocycles. The maximum atomic E-state index is 14.4. The number of aromatic nitrogens is 4. The zero-order valence-electron chi connectivity index (χ0n) is 21.4. The van der Waals surface area contributed by atoms with Crippen LogP contribution in [0.25, 0.3) is 28.1 Å². The Labute approximate surface area is 223 Å². The largest absolute Gasteiger partial charge is 0.371 e. The zero-order valence-corrected chi connectivity index (χ0v) is 23.0. The lowest BCUT2D eigenvalue weighted by Gasteiger charge is -2.25. The highest BCUT2D eigenvalue weighted by Crippen LogP contribution is 2.29. The van der Waals surface area contributed by atoms with Gasteiger partial charge in [0.25, 0.3) is 0 Å². The van der Waals surface area contributed by atoms with Crippen LogP contribution < -0.4 is 5.32 Å². The molecule has 0 saturated carbocycles. The zero-order chi connectivity index (χ0) is 25.9. The molecule has 11 heteroatoms. The van der Waals surface area contributed by atoms with Gasteiger partial charge < -0.3 is 15.1 Å². The van der Waals surface area contributed by atoms with Crippen LogP contribution in [0.15, 0.2) is 36.0 Å². The van der Waals surface area contributed by atoms with Crippen LogP contribution in [0.1, 0.15) is 17.0 Å². The van der Waals surface area contributed by atoms with Gasteiger partial charge in [0.05, 0.1) is 5.69 Å². The van der Waals surface area contributed by atoms with Gasteiger partial charge in [0.15, 0.2) is 11.6 Å². The Morgan fingerprint density at radius 1 is 1.22 bits per heavy atom. The normalized spacial score (nSPS) is 15.2. The van der Waals surface area contributed by atoms with Crippen molar-refractivity contribution in [3.8, 4) is 17.1 Å². The van der Waals surface area contributed by atoms with Crippen molar-refractivity contribution in [1.82, 2.24) is 29.3 Å². The minimum Gasteiger partial charge on any atom is -0.371 e. The highest BCUT2D eigenvalue weighted by atomic mass is 32.2. The number of hydrogen-bond donors (Lipinski definition) is 1. The van der Waals surface area contributed by atoms with Gasteiger partial charge in [-0.05, 0) is 57.2 Å². The van der Waals surface area contributed by atoms with Gasteiger partial charge in [-0.2, -0.15) is 0 Å². The molecule has 1 aliphatic rings. The third kappa shape index (κ3) is 5.90. The Hall–Kier alpha value is -2.73. The minimum atomic E-state index is -0.656. The molecule has 196 valence electrons. The monoisotopic (exact) mass is 541 g/mol. The summed E-state index contributed by atoms with van der Waals surface area (Å²) in [4.78, 5) is 18.5. The first-order valence-corrected chi connectivity index (χ1v) is 14.8. The average molecular weight is 542 g/mol. The van der Waals surface area contributed by atoms with Crippen molar-refractivity contribution in [1.29, 1.82) is 0 Å². The summed E-state index contributed by atoms with van der Waals surface area (Å²) in [7, 11) is 5.06. The van der Waals surface area contributed by atoms with Crippen molar-refractivity contribution in [2.75, 3.05) is 57.6 Å². The maximum absolute atomic E-state index is 14.4. The van der Waals surface area contributed by atoms with E-state index in [0.29, 0.717) is 11.3 Å². The number of nitrogens with one attached hydrogen (secondary N) is 1. The first-order valence-electron chi connectivity index (χ1n) is 12.4. The topological polar surface area (TPSA) is 79.2 Å². The van der Waals surface area contributed by atoms with Crippen molar-refractivity contribution >= 4 is 39.0 Å². The van der Waals surface area contributed by atoms with Gasteiger partial charge in [0.2, 0.25) is 0 Å². The molecule has 1 N–H and O–H groups in total. The molecular weight excluding hydrogens is 509 g/mol. The lowest BCUT2D eigenvalue weighted by molar-refractivity contribution is 0.296. The molecule has 5 heterocycles. The van der Waals surface area contributed by atoms with Crippen LogP contribution in [-0.4, -0.2) is 85.8 Å². The fourth-order valence-corrected chi connectivity index (χ4v) is 6.63. The Morgan fingerprint density at radius 3 is 2.76 bits per heavy atom. The molecule has 1 fully saturated rings. The maximum Gasteiger partial charge on any atom is 0.166 e. The van der Waals surface area contributed by atoms with E-state index in [4.69, 9.17) is 9.97 Å². The van der Waals surface area contributed by atoms with Crippen molar-refractivity contribution in [2.45, 2.75) is 19.4 Å². The van der Waals surface area contributed by atoms with Gasteiger partial charge in [-0.15, -0.1) is 11.3 Å². The van der Waals surface area contributed by atoms with E-state index in [2.05, 4.69) is 42.3 Å². The number of aryl methyl sites for hydroxylation is 1. The van der Waals surface area contributed by atoms with Gasteiger partial charge in [0.1, 0.15) is 16.5 Å². The number of pyridine rings is 2. The summed E-state index contributed by atoms with van der Waals surface area (Å²) >= 11 is 1.63. The Kier molecular flexibility index (Phi) is 7.94. The summed E-state index contributed by atoms with van der Waals surface area (Å²) in [5.74, 6) is 2.20. The van der Waals surface area contributed by atoms with Crippen molar-refractivity contribution in [3.05, 3.63) is 52.4 Å². The molecular formula is C26H32FN7OS2. The lowest BCUT2D eigenvalue weighted by atomic mass is 10.1. The standard InChI is InChI=1S/C26H32FN7OS2/c1-28-25-21(27)13-19(14-29-25)22-7-6-20-18(5-4-8-33-9-11-37(35)12-10-33)15-34(26(20)30-22)23-17-36-24(31-23)16-32(2)3/h6-7,13-15,17H,4-5,8-12,16H2,1-3H3,(H,28,29). The number of fused-ring (bicyclic) bond motifs is 1. The average Bonchev–Trinajstić information content (AvgIpc) is 3.49. The molecule has 0 bridgehead atoms. The van der Waals surface area contributed by atoms with E-state index in [1.54, 1.807) is 24.6 Å². The highest BCUT2D eigenvalue weighted by Gasteiger charge is 2.18. The van der Waals surface area contributed by atoms with Crippen LogP contribution in [0.2, 0.25) is 0 Å². The quantitative estimate of drug-likeness (QED) is 0.346. The second-order valence-corrected chi connectivity index (χ2v) is 12.2. The number of anilines is 1. The SMILES string of the molecule is CNc1ncc(-c2ccc3c(CCCN4CCS(=O)CC4)cn(-c4csc(CN(C)C)n4)c3n2)cc1F. The van der Waals surface area contributed by atoms with Crippen molar-refractivity contribution < 1.29 is 8.60 Å². The van der Waals surface area contributed by atoms with Crippen LogP contribution in [0.3, 0.4) is 0 Å². The van der Waals surface area contributed by atoms with Crippen LogP contribution in [0, 0.1) is 5.82 Å². The molecule has 5 rings (SSSR count). The first kappa shape index (κ1) is 25.9. The second-order valence-electron chi connectivity index (χ2n) is 9.53. The smallest absolute Gasteiger partial charge is 0.166 e.